The number of amides is 1. The van der Waals surface area contributed by atoms with Gasteiger partial charge < -0.3 is 11.1 Å². The summed E-state index contributed by atoms with van der Waals surface area (Å²) in [5.74, 6) is 0.0202. The molecule has 1 fully saturated rings. The predicted molar refractivity (Wildman–Crippen MR) is 97.2 cm³/mol. The van der Waals surface area contributed by atoms with Crippen LogP contribution in [0.1, 0.15) is 40.9 Å². The zero-order valence-corrected chi connectivity index (χ0v) is 14.7. The van der Waals surface area contributed by atoms with Crippen molar-refractivity contribution in [1.82, 2.24) is 5.32 Å². The molecule has 1 saturated carbocycles. The Labute approximate surface area is 145 Å². The van der Waals surface area contributed by atoms with Gasteiger partial charge in [-0.1, -0.05) is 23.7 Å². The molecule has 0 saturated heterocycles. The minimum absolute atomic E-state index is 0.0202. The second kappa shape index (κ2) is 7.04. The van der Waals surface area contributed by atoms with Crippen LogP contribution in [0.5, 0.6) is 0 Å². The molecule has 0 radical (unpaired) electrons. The number of carbonyl (C=O) groups excluding carboxylic acids is 1. The Balaban J connectivity index is 1.74. The maximum absolute atomic E-state index is 12.5. The fraction of sp³-hybridized carbons (Fsp3) is 0.389. The van der Waals surface area contributed by atoms with Crippen molar-refractivity contribution in [2.75, 3.05) is 0 Å². The molecule has 2 aromatic rings. The van der Waals surface area contributed by atoms with Gasteiger partial charge in [0.05, 0.1) is 4.88 Å². The van der Waals surface area contributed by atoms with Crippen LogP contribution in [-0.2, 0) is 0 Å². The Morgan fingerprint density at radius 1 is 1.26 bits per heavy atom. The van der Waals surface area contributed by atoms with E-state index < -0.39 is 0 Å². The maximum Gasteiger partial charge on any atom is 0.261 e. The summed E-state index contributed by atoms with van der Waals surface area (Å²) in [5.41, 5.74) is 8.08. The van der Waals surface area contributed by atoms with Crippen molar-refractivity contribution < 1.29 is 4.79 Å². The third kappa shape index (κ3) is 3.94. The van der Waals surface area contributed by atoms with E-state index in [9.17, 15) is 4.79 Å². The Hall–Kier alpha value is -1.36. The summed E-state index contributed by atoms with van der Waals surface area (Å²) >= 11 is 7.60. The fourth-order valence-corrected chi connectivity index (χ4v) is 4.29. The maximum atomic E-state index is 12.5. The quantitative estimate of drug-likeness (QED) is 0.865. The predicted octanol–water partition coefficient (Wildman–Crippen LogP) is 4.38. The van der Waals surface area contributed by atoms with Crippen molar-refractivity contribution in [3.63, 3.8) is 0 Å². The van der Waals surface area contributed by atoms with E-state index in [1.54, 1.807) is 0 Å². The molecular weight excluding hydrogens is 328 g/mol. The molecule has 122 valence electrons. The smallest absolute Gasteiger partial charge is 0.261 e. The molecule has 1 heterocycles. The summed E-state index contributed by atoms with van der Waals surface area (Å²) in [6.07, 6.45) is 3.92. The lowest BCUT2D eigenvalue weighted by Gasteiger charge is -2.26. The molecule has 1 aliphatic rings. The van der Waals surface area contributed by atoms with Crippen LogP contribution in [0.4, 0.5) is 0 Å². The highest BCUT2D eigenvalue weighted by Crippen LogP contribution is 2.33. The van der Waals surface area contributed by atoms with Crippen molar-refractivity contribution in [2.24, 2.45) is 5.73 Å². The second-order valence-electron chi connectivity index (χ2n) is 6.22. The van der Waals surface area contributed by atoms with Gasteiger partial charge in [0.15, 0.2) is 0 Å². The summed E-state index contributed by atoms with van der Waals surface area (Å²) in [4.78, 5) is 14.4. The minimum atomic E-state index is 0.0202. The minimum Gasteiger partial charge on any atom is -0.349 e. The molecule has 0 spiro atoms. The molecule has 1 aromatic carbocycles. The van der Waals surface area contributed by atoms with E-state index in [0.29, 0.717) is 11.1 Å². The van der Waals surface area contributed by atoms with Crippen LogP contribution in [0.3, 0.4) is 0 Å². The zero-order valence-electron chi connectivity index (χ0n) is 13.1. The Bertz CT molecular complexity index is 705. The fourth-order valence-electron chi connectivity index (χ4n) is 3.03. The van der Waals surface area contributed by atoms with Gasteiger partial charge in [-0.15, -0.1) is 11.3 Å². The van der Waals surface area contributed by atoms with E-state index in [1.165, 1.54) is 11.3 Å². The van der Waals surface area contributed by atoms with E-state index in [1.807, 2.05) is 37.3 Å². The van der Waals surface area contributed by atoms with Crippen LogP contribution >= 0.6 is 22.9 Å². The standard InChI is InChI=1S/C18H21ClN2OS/c1-11-9-16(18(22)21-15-7-5-14(20)6-8-15)23-17(11)12-3-2-4-13(19)10-12/h2-4,9-10,14-15H,5-8,20H2,1H3,(H,21,22). The van der Waals surface area contributed by atoms with Crippen molar-refractivity contribution >= 4 is 28.8 Å². The molecule has 3 rings (SSSR count). The lowest BCUT2D eigenvalue weighted by atomic mass is 9.92. The highest BCUT2D eigenvalue weighted by atomic mass is 35.5. The average molecular weight is 349 g/mol. The van der Waals surface area contributed by atoms with E-state index in [0.717, 1.165) is 46.6 Å². The SMILES string of the molecule is Cc1cc(C(=O)NC2CCC(N)CC2)sc1-c1cccc(Cl)c1. The van der Waals surface area contributed by atoms with Gasteiger partial charge in [-0.3, -0.25) is 4.79 Å². The van der Waals surface area contributed by atoms with E-state index in [2.05, 4.69) is 5.32 Å². The summed E-state index contributed by atoms with van der Waals surface area (Å²) in [7, 11) is 0. The number of carbonyl (C=O) groups is 1. The third-order valence-corrected chi connectivity index (χ3v) is 5.86. The molecule has 3 N–H and O–H groups in total. The van der Waals surface area contributed by atoms with Gasteiger partial charge in [-0.05, 0) is 61.9 Å². The third-order valence-electron chi connectivity index (χ3n) is 4.34. The molecule has 3 nitrogen and oxygen atoms in total. The normalized spacial score (nSPS) is 21.2. The number of thiophene rings is 1. The first-order valence-corrected chi connectivity index (χ1v) is 9.15. The lowest BCUT2D eigenvalue weighted by Crippen LogP contribution is -2.40. The highest BCUT2D eigenvalue weighted by Gasteiger charge is 2.22. The van der Waals surface area contributed by atoms with Crippen molar-refractivity contribution in [3.8, 4) is 10.4 Å². The number of nitrogens with one attached hydrogen (secondary N) is 1. The Kier molecular flexibility index (Phi) is 5.05. The van der Waals surface area contributed by atoms with Crippen LogP contribution in [0.2, 0.25) is 5.02 Å². The first kappa shape index (κ1) is 16.5. The summed E-state index contributed by atoms with van der Waals surface area (Å²) in [6.45, 7) is 2.03. The molecule has 1 aromatic heterocycles. The molecule has 0 atom stereocenters. The van der Waals surface area contributed by atoms with Gasteiger partial charge in [0.2, 0.25) is 0 Å². The van der Waals surface area contributed by atoms with E-state index in [-0.39, 0.29) is 11.9 Å². The van der Waals surface area contributed by atoms with Gasteiger partial charge in [0, 0.05) is 22.0 Å². The number of halogens is 1. The van der Waals surface area contributed by atoms with Crippen LogP contribution in [0.15, 0.2) is 30.3 Å². The number of benzene rings is 1. The summed E-state index contributed by atoms with van der Waals surface area (Å²) in [6, 6.07) is 10.3. The zero-order chi connectivity index (χ0) is 16.4. The molecule has 0 unspecified atom stereocenters. The van der Waals surface area contributed by atoms with Gasteiger partial charge in [0.25, 0.3) is 5.91 Å². The molecule has 23 heavy (non-hydrogen) atoms. The molecule has 0 aliphatic heterocycles. The topological polar surface area (TPSA) is 55.1 Å². The van der Waals surface area contributed by atoms with Gasteiger partial charge in [0.1, 0.15) is 0 Å². The molecule has 5 heteroatoms. The van der Waals surface area contributed by atoms with Crippen LogP contribution < -0.4 is 11.1 Å². The molecular formula is C18H21ClN2OS. The monoisotopic (exact) mass is 348 g/mol. The van der Waals surface area contributed by atoms with E-state index >= 15 is 0 Å². The first-order chi connectivity index (χ1) is 11.0. The van der Waals surface area contributed by atoms with Crippen LogP contribution in [-0.4, -0.2) is 18.0 Å². The van der Waals surface area contributed by atoms with Gasteiger partial charge in [-0.25, -0.2) is 0 Å². The Morgan fingerprint density at radius 2 is 2.00 bits per heavy atom. The number of hydrogen-bond donors (Lipinski definition) is 2. The van der Waals surface area contributed by atoms with Crippen molar-refractivity contribution in [3.05, 3.63) is 45.8 Å². The summed E-state index contributed by atoms with van der Waals surface area (Å²) < 4.78 is 0. The summed E-state index contributed by atoms with van der Waals surface area (Å²) in [5, 5.41) is 3.86. The van der Waals surface area contributed by atoms with Crippen molar-refractivity contribution in [2.45, 2.75) is 44.7 Å². The van der Waals surface area contributed by atoms with Gasteiger partial charge >= 0.3 is 0 Å². The number of nitrogens with two attached hydrogens (primary N) is 1. The molecule has 1 amide bonds. The highest BCUT2D eigenvalue weighted by molar-refractivity contribution is 7.17. The lowest BCUT2D eigenvalue weighted by molar-refractivity contribution is 0.0930. The number of hydrogen-bond acceptors (Lipinski definition) is 3. The molecule has 1 aliphatic carbocycles. The Morgan fingerprint density at radius 3 is 2.70 bits per heavy atom. The largest absolute Gasteiger partial charge is 0.349 e. The van der Waals surface area contributed by atoms with Crippen molar-refractivity contribution in [1.29, 1.82) is 0 Å². The van der Waals surface area contributed by atoms with Gasteiger partial charge in [-0.2, -0.15) is 0 Å². The van der Waals surface area contributed by atoms with E-state index in [4.69, 9.17) is 17.3 Å². The second-order valence-corrected chi connectivity index (χ2v) is 7.71. The average Bonchev–Trinajstić information content (AvgIpc) is 2.92. The molecule has 0 bridgehead atoms. The first-order valence-electron chi connectivity index (χ1n) is 7.96. The number of aryl methyl sites for hydroxylation is 1. The van der Waals surface area contributed by atoms with Crippen LogP contribution in [0, 0.1) is 6.92 Å². The van der Waals surface area contributed by atoms with Crippen LogP contribution in [0.25, 0.3) is 10.4 Å². The number of rotatable bonds is 3.